The van der Waals surface area contributed by atoms with Gasteiger partial charge in [0.05, 0.1) is 5.25 Å². The van der Waals surface area contributed by atoms with Crippen molar-refractivity contribution in [3.05, 3.63) is 35.4 Å². The Labute approximate surface area is 88.8 Å². The van der Waals surface area contributed by atoms with Gasteiger partial charge < -0.3 is 0 Å². The minimum Gasteiger partial charge on any atom is -0.293 e. The Balaban J connectivity index is 3.02. The molecule has 0 heterocycles. The smallest absolute Gasteiger partial charge is 0.178 e. The molecule has 0 radical (unpaired) electrons. The lowest BCUT2D eigenvalue weighted by Gasteiger charge is -2.07. The highest BCUT2D eigenvalue weighted by atomic mass is 32.2. The number of ketones is 1. The molecule has 0 aliphatic carbocycles. The molecule has 0 saturated heterocycles. The third-order valence-electron chi connectivity index (χ3n) is 2.07. The lowest BCUT2D eigenvalue weighted by atomic mass is 10.1. The number of Topliss-reactive ketones (excluding diaryl/α,β-unsaturated/α-hetero) is 1. The van der Waals surface area contributed by atoms with Gasteiger partial charge in [-0.1, -0.05) is 0 Å². The Bertz CT molecular complexity index is 418. The van der Waals surface area contributed by atoms with Crippen molar-refractivity contribution in [1.29, 1.82) is 0 Å². The fourth-order valence-corrected chi connectivity index (χ4v) is 1.47. The summed E-state index contributed by atoms with van der Waals surface area (Å²) in [6, 6.07) is 2.89. The van der Waals surface area contributed by atoms with Crippen molar-refractivity contribution < 1.29 is 17.8 Å². The van der Waals surface area contributed by atoms with Crippen molar-refractivity contribution in [2.45, 2.75) is 12.2 Å². The zero-order chi connectivity index (χ0) is 11.6. The van der Waals surface area contributed by atoms with Crippen LogP contribution in [-0.2, 0) is 10.8 Å². The van der Waals surface area contributed by atoms with E-state index in [1.54, 1.807) is 0 Å². The molecule has 0 N–H and O–H groups in total. The summed E-state index contributed by atoms with van der Waals surface area (Å²) in [5.41, 5.74) is 0.0385. The SMILES string of the molecule is CC(C(=O)c1ccc(F)c(F)c1)S(C)=O. The maximum atomic E-state index is 12.8. The van der Waals surface area contributed by atoms with E-state index in [4.69, 9.17) is 0 Å². The molecule has 0 saturated carbocycles. The molecular formula is C10H10F2O2S. The van der Waals surface area contributed by atoms with Crippen LogP contribution < -0.4 is 0 Å². The van der Waals surface area contributed by atoms with Gasteiger partial charge in [0.2, 0.25) is 0 Å². The highest BCUT2D eigenvalue weighted by Gasteiger charge is 2.19. The van der Waals surface area contributed by atoms with Crippen LogP contribution in [0.3, 0.4) is 0 Å². The molecule has 2 unspecified atom stereocenters. The molecular weight excluding hydrogens is 222 g/mol. The molecule has 0 aliphatic rings. The summed E-state index contributed by atoms with van der Waals surface area (Å²) < 4.78 is 36.4. The van der Waals surface area contributed by atoms with Crippen LogP contribution in [0, 0.1) is 11.6 Å². The van der Waals surface area contributed by atoms with E-state index in [0.717, 1.165) is 12.1 Å². The molecule has 0 aliphatic heterocycles. The second kappa shape index (κ2) is 4.61. The van der Waals surface area contributed by atoms with E-state index < -0.39 is 33.5 Å². The Kier molecular flexibility index (Phi) is 3.68. The zero-order valence-corrected chi connectivity index (χ0v) is 9.11. The van der Waals surface area contributed by atoms with E-state index in [1.807, 2.05) is 0 Å². The van der Waals surface area contributed by atoms with Crippen LogP contribution in [0.15, 0.2) is 18.2 Å². The molecule has 82 valence electrons. The summed E-state index contributed by atoms with van der Waals surface area (Å²) in [6.45, 7) is 1.49. The Morgan fingerprint density at radius 3 is 2.40 bits per heavy atom. The van der Waals surface area contributed by atoms with Gasteiger partial charge in [0.25, 0.3) is 0 Å². The molecule has 2 nitrogen and oxygen atoms in total. The minimum atomic E-state index is -1.32. The number of carbonyl (C=O) groups is 1. The van der Waals surface area contributed by atoms with Crippen LogP contribution in [0.4, 0.5) is 8.78 Å². The lowest BCUT2D eigenvalue weighted by molar-refractivity contribution is 0.0992. The van der Waals surface area contributed by atoms with Gasteiger partial charge in [-0.2, -0.15) is 0 Å². The number of benzene rings is 1. The monoisotopic (exact) mass is 232 g/mol. The summed E-state index contributed by atoms with van der Waals surface area (Å²) in [7, 11) is -1.32. The highest BCUT2D eigenvalue weighted by molar-refractivity contribution is 7.85. The van der Waals surface area contributed by atoms with Crippen LogP contribution in [0.5, 0.6) is 0 Å². The molecule has 0 aromatic heterocycles. The van der Waals surface area contributed by atoms with E-state index in [1.165, 1.54) is 19.2 Å². The van der Waals surface area contributed by atoms with E-state index in [2.05, 4.69) is 0 Å². The van der Waals surface area contributed by atoms with E-state index in [9.17, 15) is 17.8 Å². The van der Waals surface area contributed by atoms with Crippen molar-refractivity contribution in [3.8, 4) is 0 Å². The first-order valence-electron chi connectivity index (χ1n) is 4.25. The predicted octanol–water partition coefficient (Wildman–Crippen LogP) is 1.91. The van der Waals surface area contributed by atoms with Gasteiger partial charge >= 0.3 is 0 Å². The summed E-state index contributed by atoms with van der Waals surface area (Å²) in [4.78, 5) is 11.6. The Hall–Kier alpha value is -1.10. The second-order valence-electron chi connectivity index (χ2n) is 3.13. The fourth-order valence-electron chi connectivity index (χ4n) is 1.03. The van der Waals surface area contributed by atoms with Crippen LogP contribution in [0.1, 0.15) is 17.3 Å². The number of halogens is 2. The summed E-state index contributed by atoms with van der Waals surface area (Å²) in [6.07, 6.45) is 1.39. The molecule has 2 atom stereocenters. The fraction of sp³-hybridized carbons (Fsp3) is 0.300. The molecule has 15 heavy (non-hydrogen) atoms. The van der Waals surface area contributed by atoms with Crippen LogP contribution in [0.25, 0.3) is 0 Å². The Morgan fingerprint density at radius 1 is 1.33 bits per heavy atom. The topological polar surface area (TPSA) is 34.1 Å². The third kappa shape index (κ3) is 2.68. The molecule has 0 spiro atoms. The molecule has 0 bridgehead atoms. The first-order chi connectivity index (χ1) is 6.93. The Morgan fingerprint density at radius 2 is 1.93 bits per heavy atom. The molecule has 1 rings (SSSR count). The first kappa shape index (κ1) is 12.0. The van der Waals surface area contributed by atoms with Crippen LogP contribution in [0.2, 0.25) is 0 Å². The summed E-state index contributed by atoms with van der Waals surface area (Å²) in [5, 5.41) is -0.713. The first-order valence-corrected chi connectivity index (χ1v) is 5.87. The number of hydrogen-bond acceptors (Lipinski definition) is 2. The van der Waals surface area contributed by atoms with Gasteiger partial charge in [-0.15, -0.1) is 0 Å². The normalized spacial score (nSPS) is 14.7. The van der Waals surface area contributed by atoms with E-state index in [0.29, 0.717) is 0 Å². The quantitative estimate of drug-likeness (QED) is 0.746. The van der Waals surface area contributed by atoms with Crippen LogP contribution in [-0.4, -0.2) is 21.5 Å². The van der Waals surface area contributed by atoms with Gasteiger partial charge in [-0.05, 0) is 25.1 Å². The average Bonchev–Trinajstić information content (AvgIpc) is 2.19. The molecule has 0 fully saturated rings. The number of carbonyl (C=O) groups excluding carboxylic acids is 1. The van der Waals surface area contributed by atoms with Crippen molar-refractivity contribution >= 4 is 16.6 Å². The third-order valence-corrected chi connectivity index (χ3v) is 3.28. The van der Waals surface area contributed by atoms with Crippen molar-refractivity contribution in [1.82, 2.24) is 0 Å². The highest BCUT2D eigenvalue weighted by Crippen LogP contribution is 2.12. The molecule has 1 aromatic carbocycles. The largest absolute Gasteiger partial charge is 0.293 e. The van der Waals surface area contributed by atoms with Gasteiger partial charge in [0.1, 0.15) is 0 Å². The molecule has 5 heteroatoms. The van der Waals surface area contributed by atoms with Gasteiger partial charge in [-0.25, -0.2) is 8.78 Å². The summed E-state index contributed by atoms with van der Waals surface area (Å²) in [5.74, 6) is -2.53. The minimum absolute atomic E-state index is 0.0385. The molecule has 1 aromatic rings. The van der Waals surface area contributed by atoms with E-state index in [-0.39, 0.29) is 5.56 Å². The van der Waals surface area contributed by atoms with Gasteiger partial charge in [0.15, 0.2) is 17.4 Å². The van der Waals surface area contributed by atoms with Gasteiger partial charge in [0, 0.05) is 22.6 Å². The van der Waals surface area contributed by atoms with Crippen molar-refractivity contribution in [3.63, 3.8) is 0 Å². The number of hydrogen-bond donors (Lipinski definition) is 0. The zero-order valence-electron chi connectivity index (χ0n) is 8.29. The average molecular weight is 232 g/mol. The summed E-state index contributed by atoms with van der Waals surface area (Å²) >= 11 is 0. The van der Waals surface area contributed by atoms with Crippen molar-refractivity contribution in [2.75, 3.05) is 6.26 Å². The van der Waals surface area contributed by atoms with Crippen LogP contribution >= 0.6 is 0 Å². The molecule has 0 amide bonds. The predicted molar refractivity (Wildman–Crippen MR) is 54.2 cm³/mol. The maximum Gasteiger partial charge on any atom is 0.178 e. The number of rotatable bonds is 3. The van der Waals surface area contributed by atoms with Crippen molar-refractivity contribution in [2.24, 2.45) is 0 Å². The van der Waals surface area contributed by atoms with Gasteiger partial charge in [-0.3, -0.25) is 9.00 Å². The standard InChI is InChI=1S/C10H10F2O2S/c1-6(15(2)14)10(13)7-3-4-8(11)9(12)5-7/h3-6H,1-2H3. The van der Waals surface area contributed by atoms with E-state index >= 15 is 0 Å². The lowest BCUT2D eigenvalue weighted by Crippen LogP contribution is -2.21. The maximum absolute atomic E-state index is 12.8. The second-order valence-corrected chi connectivity index (χ2v) is 4.84.